The van der Waals surface area contributed by atoms with E-state index < -0.39 is 10.0 Å². The molecule has 1 aliphatic rings. The van der Waals surface area contributed by atoms with Gasteiger partial charge in [0.1, 0.15) is 4.90 Å². The third kappa shape index (κ3) is 5.12. The highest BCUT2D eigenvalue weighted by Gasteiger charge is 2.32. The smallest absolute Gasteiger partial charge is 0.246 e. The number of hydrogen-bond donors (Lipinski definition) is 0. The Hall–Kier alpha value is -1.60. The first-order valence-electron chi connectivity index (χ1n) is 9.62. The van der Waals surface area contributed by atoms with Crippen LogP contribution >= 0.6 is 23.2 Å². The Bertz CT molecular complexity index is 950. The molecule has 2 aromatic rings. The summed E-state index contributed by atoms with van der Waals surface area (Å²) >= 11 is 12.2. The fourth-order valence-electron chi connectivity index (χ4n) is 3.39. The minimum atomic E-state index is -3.80. The topological polar surface area (TPSA) is 57.7 Å². The summed E-state index contributed by atoms with van der Waals surface area (Å²) in [4.78, 5) is 14.2. The molecule has 0 N–H and O–H groups in total. The molecule has 0 spiro atoms. The van der Waals surface area contributed by atoms with Crippen molar-refractivity contribution in [1.82, 2.24) is 9.21 Å². The number of halogens is 2. The summed E-state index contributed by atoms with van der Waals surface area (Å²) in [5, 5.41) is 0.204. The third-order valence-electron chi connectivity index (χ3n) is 5.17. The van der Waals surface area contributed by atoms with Gasteiger partial charge in [0.05, 0.1) is 10.0 Å². The lowest BCUT2D eigenvalue weighted by atomic mass is 10.1. The summed E-state index contributed by atoms with van der Waals surface area (Å²) < 4.78 is 27.2. The average molecular weight is 455 g/mol. The number of carbonyl (C=O) groups excluding carboxylic acids is 1. The Morgan fingerprint density at radius 3 is 2.03 bits per heavy atom. The van der Waals surface area contributed by atoms with Crippen LogP contribution in [0.5, 0.6) is 0 Å². The normalized spacial score (nSPS) is 15.5. The van der Waals surface area contributed by atoms with E-state index in [4.69, 9.17) is 23.2 Å². The van der Waals surface area contributed by atoms with Crippen LogP contribution < -0.4 is 0 Å². The number of piperazine rings is 1. The van der Waals surface area contributed by atoms with Gasteiger partial charge in [0.15, 0.2) is 0 Å². The number of sulfonamides is 1. The van der Waals surface area contributed by atoms with Crippen LogP contribution in [-0.2, 0) is 27.7 Å². The van der Waals surface area contributed by atoms with E-state index in [-0.39, 0.29) is 33.9 Å². The standard InChI is InChI=1S/C21H24Cl2N2O3S/c1-2-16-6-8-17(9-7-16)10-11-20(26)24-12-14-25(15-13-24)29(27,28)21-18(22)4-3-5-19(21)23/h3-9H,2,10-15H2,1H3. The van der Waals surface area contributed by atoms with Crippen molar-refractivity contribution in [3.8, 4) is 0 Å². The Morgan fingerprint density at radius 1 is 0.931 bits per heavy atom. The Balaban J connectivity index is 1.57. The summed E-state index contributed by atoms with van der Waals surface area (Å²) in [6, 6.07) is 12.9. The van der Waals surface area contributed by atoms with Gasteiger partial charge in [0, 0.05) is 32.6 Å². The van der Waals surface area contributed by atoms with E-state index in [0.717, 1.165) is 12.0 Å². The molecule has 1 amide bonds. The monoisotopic (exact) mass is 454 g/mol. The van der Waals surface area contributed by atoms with Crippen LogP contribution in [0.4, 0.5) is 0 Å². The van der Waals surface area contributed by atoms with Crippen LogP contribution in [-0.4, -0.2) is 49.7 Å². The first-order chi connectivity index (χ1) is 13.8. The zero-order chi connectivity index (χ0) is 21.0. The molecule has 0 radical (unpaired) electrons. The van der Waals surface area contributed by atoms with Gasteiger partial charge in [-0.1, -0.05) is 60.5 Å². The van der Waals surface area contributed by atoms with Crippen LogP contribution in [0.2, 0.25) is 10.0 Å². The van der Waals surface area contributed by atoms with Crippen LogP contribution in [0, 0.1) is 0 Å². The number of benzene rings is 2. The summed E-state index contributed by atoms with van der Waals surface area (Å²) in [7, 11) is -3.80. The molecule has 1 heterocycles. The first kappa shape index (κ1) is 22.1. The van der Waals surface area contributed by atoms with Gasteiger partial charge < -0.3 is 4.90 Å². The van der Waals surface area contributed by atoms with Gasteiger partial charge in [-0.2, -0.15) is 4.31 Å². The lowest BCUT2D eigenvalue weighted by molar-refractivity contribution is -0.132. The highest BCUT2D eigenvalue weighted by Crippen LogP contribution is 2.31. The van der Waals surface area contributed by atoms with Crippen molar-refractivity contribution in [2.24, 2.45) is 0 Å². The first-order valence-corrected chi connectivity index (χ1v) is 11.8. The minimum absolute atomic E-state index is 0.0393. The second-order valence-electron chi connectivity index (χ2n) is 7.01. The molecule has 0 saturated carbocycles. The number of nitrogens with zero attached hydrogens (tertiary/aromatic N) is 2. The molecular weight excluding hydrogens is 431 g/mol. The van der Waals surface area contributed by atoms with Crippen LogP contribution in [0.1, 0.15) is 24.5 Å². The van der Waals surface area contributed by atoms with Gasteiger partial charge in [-0.05, 0) is 36.1 Å². The third-order valence-corrected chi connectivity index (χ3v) is 8.02. The van der Waals surface area contributed by atoms with E-state index >= 15 is 0 Å². The lowest BCUT2D eigenvalue weighted by Gasteiger charge is -2.34. The molecule has 156 valence electrons. The predicted octanol–water partition coefficient (Wildman–Crippen LogP) is 4.02. The van der Waals surface area contributed by atoms with Crippen molar-refractivity contribution >= 4 is 39.1 Å². The molecule has 0 bridgehead atoms. The van der Waals surface area contributed by atoms with E-state index in [1.54, 1.807) is 11.0 Å². The van der Waals surface area contributed by atoms with Crippen LogP contribution in [0.25, 0.3) is 0 Å². The number of aryl methyl sites for hydroxylation is 2. The molecule has 8 heteroatoms. The lowest BCUT2D eigenvalue weighted by Crippen LogP contribution is -2.50. The van der Waals surface area contributed by atoms with Crippen LogP contribution in [0.15, 0.2) is 47.4 Å². The molecule has 3 rings (SSSR count). The van der Waals surface area contributed by atoms with Gasteiger partial charge >= 0.3 is 0 Å². The largest absolute Gasteiger partial charge is 0.340 e. The Kier molecular flexibility index (Phi) is 7.22. The average Bonchev–Trinajstić information content (AvgIpc) is 2.72. The number of amides is 1. The number of carbonyl (C=O) groups is 1. The van der Waals surface area contributed by atoms with Gasteiger partial charge in [0.2, 0.25) is 15.9 Å². The maximum atomic E-state index is 12.9. The number of rotatable bonds is 6. The fourth-order valence-corrected chi connectivity index (χ4v) is 5.90. The van der Waals surface area contributed by atoms with Crippen molar-refractivity contribution in [2.45, 2.75) is 31.1 Å². The Morgan fingerprint density at radius 2 is 1.48 bits per heavy atom. The van der Waals surface area contributed by atoms with Crippen molar-refractivity contribution in [3.05, 3.63) is 63.6 Å². The summed E-state index contributed by atoms with van der Waals surface area (Å²) in [5.41, 5.74) is 2.40. The van der Waals surface area contributed by atoms with Crippen molar-refractivity contribution in [3.63, 3.8) is 0 Å². The van der Waals surface area contributed by atoms with Gasteiger partial charge in [-0.15, -0.1) is 0 Å². The highest BCUT2D eigenvalue weighted by molar-refractivity contribution is 7.89. The summed E-state index contributed by atoms with van der Waals surface area (Å²) in [6.45, 7) is 3.27. The second-order valence-corrected chi connectivity index (χ2v) is 9.69. The summed E-state index contributed by atoms with van der Waals surface area (Å²) in [5.74, 6) is 0.0393. The maximum absolute atomic E-state index is 12.9. The van der Waals surface area contributed by atoms with Gasteiger partial charge in [0.25, 0.3) is 0 Å². The van der Waals surface area contributed by atoms with E-state index in [0.29, 0.717) is 25.9 Å². The Labute approximate surface area is 182 Å². The van der Waals surface area contributed by atoms with Crippen molar-refractivity contribution < 1.29 is 13.2 Å². The predicted molar refractivity (Wildman–Crippen MR) is 116 cm³/mol. The molecule has 0 aromatic heterocycles. The van der Waals surface area contributed by atoms with E-state index in [1.165, 1.54) is 22.0 Å². The maximum Gasteiger partial charge on any atom is 0.246 e. The zero-order valence-corrected chi connectivity index (χ0v) is 18.6. The van der Waals surface area contributed by atoms with Crippen LogP contribution in [0.3, 0.4) is 0 Å². The van der Waals surface area contributed by atoms with E-state index in [1.807, 2.05) is 0 Å². The van der Waals surface area contributed by atoms with Gasteiger partial charge in [-0.3, -0.25) is 4.79 Å². The molecule has 0 atom stereocenters. The molecule has 1 fully saturated rings. The fraction of sp³-hybridized carbons (Fsp3) is 0.381. The highest BCUT2D eigenvalue weighted by atomic mass is 35.5. The molecule has 29 heavy (non-hydrogen) atoms. The van der Waals surface area contributed by atoms with E-state index in [2.05, 4.69) is 31.2 Å². The molecule has 5 nitrogen and oxygen atoms in total. The zero-order valence-electron chi connectivity index (χ0n) is 16.3. The molecule has 1 aliphatic heterocycles. The molecular formula is C21H24Cl2N2O3S. The molecule has 1 saturated heterocycles. The quantitative estimate of drug-likeness (QED) is 0.661. The molecule has 0 aliphatic carbocycles. The SMILES string of the molecule is CCc1ccc(CCC(=O)N2CCN(S(=O)(=O)c3c(Cl)cccc3Cl)CC2)cc1. The number of hydrogen-bond acceptors (Lipinski definition) is 3. The van der Waals surface area contributed by atoms with E-state index in [9.17, 15) is 13.2 Å². The second kappa shape index (κ2) is 9.47. The van der Waals surface area contributed by atoms with Crippen molar-refractivity contribution in [1.29, 1.82) is 0 Å². The molecule has 0 unspecified atom stereocenters. The molecule has 2 aromatic carbocycles. The van der Waals surface area contributed by atoms with Crippen molar-refractivity contribution in [2.75, 3.05) is 26.2 Å². The summed E-state index contributed by atoms with van der Waals surface area (Å²) in [6.07, 6.45) is 2.08. The minimum Gasteiger partial charge on any atom is -0.340 e. The van der Waals surface area contributed by atoms with Gasteiger partial charge in [-0.25, -0.2) is 8.42 Å².